The third-order valence-corrected chi connectivity index (χ3v) is 17.4. The SMILES string of the molecule is CCCCCCCCCCCC/C=C/C(OC(=O)CCCCCCCCCCCCCCCCCCCCCCC)C(COP(=O)([O-])OCC[N+](C)(C)C)NC(=O)CCCCCCCCCCCCCCCCCCCCCCC. The number of amides is 1. The molecule has 0 aromatic rings. The molecule has 10 heteroatoms. The van der Waals surface area contributed by atoms with Gasteiger partial charge in [0.1, 0.15) is 19.3 Å². The highest BCUT2D eigenvalue weighted by molar-refractivity contribution is 7.45. The Kier molecular flexibility index (Phi) is 59.9. The van der Waals surface area contributed by atoms with E-state index < -0.39 is 20.0 Å². The van der Waals surface area contributed by atoms with Gasteiger partial charge in [0.05, 0.1) is 33.8 Å². The molecule has 0 fully saturated rings. The maximum absolute atomic E-state index is 13.6. The molecule has 0 saturated heterocycles. The van der Waals surface area contributed by atoms with E-state index in [2.05, 4.69) is 26.1 Å². The molecule has 476 valence electrons. The van der Waals surface area contributed by atoms with Crippen LogP contribution in [0.4, 0.5) is 0 Å². The summed E-state index contributed by atoms with van der Waals surface area (Å²) in [7, 11) is 1.21. The van der Waals surface area contributed by atoms with E-state index in [1.807, 2.05) is 33.3 Å². The average molecular weight is 1150 g/mol. The summed E-state index contributed by atoms with van der Waals surface area (Å²) in [6.45, 7) is 6.92. The first-order chi connectivity index (χ1) is 38.9. The quantitative estimate of drug-likeness (QED) is 0.0212. The van der Waals surface area contributed by atoms with E-state index in [1.165, 1.54) is 283 Å². The van der Waals surface area contributed by atoms with Gasteiger partial charge in [0.15, 0.2) is 0 Å². The molecule has 0 bridgehead atoms. The summed E-state index contributed by atoms with van der Waals surface area (Å²) < 4.78 is 30.5. The Morgan fingerprint density at radius 1 is 0.425 bits per heavy atom. The van der Waals surface area contributed by atoms with Crippen molar-refractivity contribution in [3.05, 3.63) is 12.2 Å². The highest BCUT2D eigenvalue weighted by Gasteiger charge is 2.27. The van der Waals surface area contributed by atoms with Crippen LogP contribution in [0.25, 0.3) is 0 Å². The molecule has 0 aliphatic rings. The van der Waals surface area contributed by atoms with E-state index in [0.29, 0.717) is 17.4 Å². The van der Waals surface area contributed by atoms with Crippen molar-refractivity contribution in [3.63, 3.8) is 0 Å². The number of carbonyl (C=O) groups is 2. The third-order valence-electron chi connectivity index (χ3n) is 16.5. The van der Waals surface area contributed by atoms with Gasteiger partial charge >= 0.3 is 5.97 Å². The lowest BCUT2D eigenvalue weighted by atomic mass is 10.0. The van der Waals surface area contributed by atoms with Crippen LogP contribution < -0.4 is 10.2 Å². The highest BCUT2D eigenvalue weighted by atomic mass is 31.2. The van der Waals surface area contributed by atoms with Gasteiger partial charge in [-0.1, -0.05) is 341 Å². The number of hydrogen-bond donors (Lipinski definition) is 1. The first kappa shape index (κ1) is 78.8. The van der Waals surface area contributed by atoms with Crippen molar-refractivity contribution in [1.29, 1.82) is 0 Å². The zero-order chi connectivity index (χ0) is 58.6. The number of quaternary nitrogens is 1. The predicted molar refractivity (Wildman–Crippen MR) is 344 cm³/mol. The molecule has 3 unspecified atom stereocenters. The standard InChI is InChI=1S/C70H139N2O7P/c1-7-10-13-16-19-22-25-28-30-32-34-36-38-40-42-44-47-50-53-56-59-62-69(73)71-67(66-78-80(75,76)77-65-64-72(4,5)6)68(61-58-55-52-49-46-27-24-21-18-15-12-9-3)79-70(74)63-60-57-54-51-48-45-43-41-39-37-35-33-31-29-26-23-20-17-14-11-8-2/h58,61,67-68H,7-57,59-60,62-66H2,1-6H3,(H-,71,73,75,76)/b61-58+. The number of carbonyl (C=O) groups excluding carboxylic acids is 2. The zero-order valence-electron chi connectivity index (χ0n) is 54.6. The lowest BCUT2D eigenvalue weighted by molar-refractivity contribution is -0.870. The van der Waals surface area contributed by atoms with Crippen molar-refractivity contribution in [2.75, 3.05) is 40.9 Å². The second-order valence-corrected chi connectivity index (χ2v) is 27.2. The van der Waals surface area contributed by atoms with Crippen LogP contribution in [0, 0.1) is 0 Å². The third kappa shape index (κ3) is 61.3. The molecular formula is C70H139N2O7P. The molecule has 1 N–H and O–H groups in total. The number of rotatable bonds is 66. The van der Waals surface area contributed by atoms with Crippen molar-refractivity contribution in [1.82, 2.24) is 5.32 Å². The first-order valence-corrected chi connectivity index (χ1v) is 37.0. The van der Waals surface area contributed by atoms with Crippen molar-refractivity contribution in [3.8, 4) is 0 Å². The van der Waals surface area contributed by atoms with E-state index in [1.54, 1.807) is 0 Å². The molecule has 9 nitrogen and oxygen atoms in total. The van der Waals surface area contributed by atoms with Gasteiger partial charge in [-0.3, -0.25) is 14.2 Å². The Bertz CT molecular complexity index is 1370. The molecule has 0 spiro atoms. The van der Waals surface area contributed by atoms with Crippen LogP contribution in [0.1, 0.15) is 374 Å². The number of ether oxygens (including phenoxy) is 1. The number of unbranched alkanes of at least 4 members (excludes halogenated alkanes) is 50. The van der Waals surface area contributed by atoms with Crippen molar-refractivity contribution in [2.45, 2.75) is 386 Å². The molecule has 0 aliphatic carbocycles. The fourth-order valence-electron chi connectivity index (χ4n) is 11.0. The number of nitrogens with one attached hydrogen (secondary N) is 1. The van der Waals surface area contributed by atoms with Gasteiger partial charge in [0.25, 0.3) is 7.82 Å². The molecule has 0 aromatic heterocycles. The fourth-order valence-corrected chi connectivity index (χ4v) is 11.7. The summed E-state index contributed by atoms with van der Waals surface area (Å²) in [6.07, 6.45) is 71.9. The largest absolute Gasteiger partial charge is 0.756 e. The van der Waals surface area contributed by atoms with Gasteiger partial charge in [0.2, 0.25) is 5.91 Å². The molecule has 80 heavy (non-hydrogen) atoms. The minimum Gasteiger partial charge on any atom is -0.756 e. The van der Waals surface area contributed by atoms with Crippen LogP contribution in [0.3, 0.4) is 0 Å². The zero-order valence-corrected chi connectivity index (χ0v) is 55.5. The van der Waals surface area contributed by atoms with E-state index in [4.69, 9.17) is 13.8 Å². The molecular weight excluding hydrogens is 1010 g/mol. The molecule has 0 heterocycles. The molecule has 0 rings (SSSR count). The summed E-state index contributed by atoms with van der Waals surface area (Å²) in [5.74, 6) is -0.513. The number of nitrogens with zero attached hydrogens (tertiary/aromatic N) is 1. The van der Waals surface area contributed by atoms with E-state index in [9.17, 15) is 19.0 Å². The van der Waals surface area contributed by atoms with Crippen LogP contribution in [0.15, 0.2) is 12.2 Å². The number of esters is 1. The highest BCUT2D eigenvalue weighted by Crippen LogP contribution is 2.38. The van der Waals surface area contributed by atoms with Gasteiger partial charge in [-0.25, -0.2) is 0 Å². The number of phosphoric ester groups is 1. The topological polar surface area (TPSA) is 114 Å². The second-order valence-electron chi connectivity index (χ2n) is 25.8. The lowest BCUT2D eigenvalue weighted by Gasteiger charge is -2.30. The van der Waals surface area contributed by atoms with Crippen molar-refractivity contribution < 1.29 is 37.3 Å². The number of allylic oxidation sites excluding steroid dienone is 1. The Morgan fingerprint density at radius 2 is 0.713 bits per heavy atom. The molecule has 0 radical (unpaired) electrons. The molecule has 0 saturated carbocycles. The van der Waals surface area contributed by atoms with Crippen LogP contribution in [0.5, 0.6) is 0 Å². The molecule has 0 aliphatic heterocycles. The van der Waals surface area contributed by atoms with Crippen LogP contribution in [-0.4, -0.2) is 69.4 Å². The van der Waals surface area contributed by atoms with Gasteiger partial charge in [-0.2, -0.15) is 0 Å². The molecule has 3 atom stereocenters. The van der Waals surface area contributed by atoms with E-state index in [-0.39, 0.29) is 31.5 Å². The maximum atomic E-state index is 13.6. The second kappa shape index (κ2) is 60.9. The Morgan fingerprint density at radius 3 is 1.02 bits per heavy atom. The van der Waals surface area contributed by atoms with Crippen molar-refractivity contribution in [2.24, 2.45) is 0 Å². The first-order valence-electron chi connectivity index (χ1n) is 35.5. The number of hydrogen-bond acceptors (Lipinski definition) is 7. The Labute approximate surface area is 499 Å². The maximum Gasteiger partial charge on any atom is 0.306 e. The lowest BCUT2D eigenvalue weighted by Crippen LogP contribution is -2.47. The summed E-state index contributed by atoms with van der Waals surface area (Å²) in [5, 5.41) is 3.05. The van der Waals surface area contributed by atoms with Gasteiger partial charge in [-0.05, 0) is 31.8 Å². The van der Waals surface area contributed by atoms with Gasteiger partial charge in [0, 0.05) is 12.8 Å². The summed E-state index contributed by atoms with van der Waals surface area (Å²) in [5.41, 5.74) is 0. The minimum atomic E-state index is -4.70. The normalized spacial score (nSPS) is 13.5. The number of likely N-dealkylation sites (N-methyl/N-ethyl adjacent to an activating group) is 1. The smallest absolute Gasteiger partial charge is 0.306 e. The Hall–Kier alpha value is -1.25. The average Bonchev–Trinajstić information content (AvgIpc) is 3.42. The van der Waals surface area contributed by atoms with Crippen molar-refractivity contribution >= 4 is 19.7 Å². The van der Waals surface area contributed by atoms with Crippen LogP contribution >= 0.6 is 7.82 Å². The molecule has 1 amide bonds. The van der Waals surface area contributed by atoms with Crippen LogP contribution in [-0.2, 0) is 27.9 Å². The van der Waals surface area contributed by atoms with E-state index in [0.717, 1.165) is 57.8 Å². The fraction of sp³-hybridized carbons (Fsp3) is 0.943. The number of phosphoric acid groups is 1. The van der Waals surface area contributed by atoms with Gasteiger partial charge in [-0.15, -0.1) is 0 Å². The summed E-state index contributed by atoms with van der Waals surface area (Å²) >= 11 is 0. The summed E-state index contributed by atoms with van der Waals surface area (Å²) in [4.78, 5) is 40.2. The Balaban J connectivity index is 5.04. The van der Waals surface area contributed by atoms with E-state index >= 15 is 0 Å². The molecule has 0 aromatic carbocycles. The predicted octanol–water partition coefficient (Wildman–Crippen LogP) is 21.7. The minimum absolute atomic E-state index is 0.0164. The van der Waals surface area contributed by atoms with Crippen LogP contribution in [0.2, 0.25) is 0 Å². The van der Waals surface area contributed by atoms with Gasteiger partial charge < -0.3 is 28.5 Å². The summed E-state index contributed by atoms with van der Waals surface area (Å²) in [6, 6.07) is -0.880. The monoisotopic (exact) mass is 1150 g/mol.